The molecule has 1 aromatic rings. The normalized spacial score (nSPS) is 16.4. The molecule has 4 nitrogen and oxygen atoms in total. The lowest BCUT2D eigenvalue weighted by atomic mass is 10.0. The van der Waals surface area contributed by atoms with Gasteiger partial charge in [-0.2, -0.15) is 0 Å². The maximum atomic E-state index is 11.9. The number of nitrogens with one attached hydrogen (secondary N) is 1. The van der Waals surface area contributed by atoms with Gasteiger partial charge in [0.2, 0.25) is 5.91 Å². The summed E-state index contributed by atoms with van der Waals surface area (Å²) < 4.78 is 23.7. The first kappa shape index (κ1) is 13.8. The molecule has 1 aromatic carbocycles. The highest BCUT2D eigenvalue weighted by Crippen LogP contribution is 2.25. The number of fused-ring (bicyclic) bond motifs is 1. The van der Waals surface area contributed by atoms with Gasteiger partial charge in [0.15, 0.2) is 9.84 Å². The van der Waals surface area contributed by atoms with Gasteiger partial charge in [-0.05, 0) is 30.0 Å². The number of hydrogen-bond donors (Lipinski definition) is 1. The van der Waals surface area contributed by atoms with E-state index in [1.165, 1.54) is 0 Å². The Hall–Kier alpha value is -1.62. The average Bonchev–Trinajstić information content (AvgIpc) is 2.35. The van der Waals surface area contributed by atoms with Crippen LogP contribution in [0.25, 0.3) is 0 Å². The van der Waals surface area contributed by atoms with Crippen LogP contribution in [-0.4, -0.2) is 26.6 Å². The monoisotopic (exact) mass is 279 g/mol. The molecule has 0 bridgehead atoms. The number of benzene rings is 1. The first-order valence-electron chi connectivity index (χ1n) is 6.25. The second kappa shape index (κ2) is 5.57. The molecule has 0 radical (unpaired) electrons. The van der Waals surface area contributed by atoms with Crippen molar-refractivity contribution in [3.05, 3.63) is 42.0 Å². The number of amides is 1. The molecule has 5 heteroatoms. The average molecular weight is 279 g/mol. The molecule has 0 aromatic heterocycles. The summed E-state index contributed by atoms with van der Waals surface area (Å²) in [5.74, 6) is 0.137. The van der Waals surface area contributed by atoms with Gasteiger partial charge in [-0.3, -0.25) is 4.79 Å². The standard InChI is InChI=1S/C14H17NO3S/c1-2-7-15-14(16)10-11-5-6-13-12(9-11)4-3-8-19(13,17)18/h2,5-6,9H,1,3-4,7-8,10H2,(H,15,16). The highest BCUT2D eigenvalue weighted by molar-refractivity contribution is 7.91. The van der Waals surface area contributed by atoms with Crippen molar-refractivity contribution in [2.24, 2.45) is 0 Å². The molecule has 1 heterocycles. The predicted octanol–water partition coefficient (Wildman–Crippen LogP) is 1.25. The lowest BCUT2D eigenvalue weighted by molar-refractivity contribution is -0.120. The molecular weight excluding hydrogens is 262 g/mol. The Kier molecular flexibility index (Phi) is 4.04. The number of carbonyl (C=O) groups excluding carboxylic acids is 1. The smallest absolute Gasteiger partial charge is 0.224 e. The van der Waals surface area contributed by atoms with Crippen LogP contribution in [0.3, 0.4) is 0 Å². The van der Waals surface area contributed by atoms with Crippen LogP contribution < -0.4 is 5.32 Å². The van der Waals surface area contributed by atoms with Gasteiger partial charge < -0.3 is 5.32 Å². The van der Waals surface area contributed by atoms with Gasteiger partial charge in [0.05, 0.1) is 17.1 Å². The molecule has 1 aliphatic rings. The summed E-state index contributed by atoms with van der Waals surface area (Å²) >= 11 is 0. The Morgan fingerprint density at radius 3 is 2.95 bits per heavy atom. The Bertz CT molecular complexity index is 605. The zero-order chi connectivity index (χ0) is 13.9. The Morgan fingerprint density at radius 1 is 1.42 bits per heavy atom. The Labute approximate surface area is 113 Å². The number of rotatable bonds is 4. The fraction of sp³-hybridized carbons (Fsp3) is 0.357. The molecule has 1 amide bonds. The van der Waals surface area contributed by atoms with E-state index in [-0.39, 0.29) is 18.1 Å². The molecule has 0 aliphatic carbocycles. The summed E-state index contributed by atoms with van der Waals surface area (Å²) in [5, 5.41) is 2.70. The van der Waals surface area contributed by atoms with E-state index in [0.717, 1.165) is 17.5 Å². The highest BCUT2D eigenvalue weighted by Gasteiger charge is 2.23. The molecular formula is C14H17NO3S. The van der Waals surface area contributed by atoms with Crippen LogP contribution in [0, 0.1) is 0 Å². The molecule has 0 saturated heterocycles. The van der Waals surface area contributed by atoms with E-state index < -0.39 is 9.84 Å². The van der Waals surface area contributed by atoms with Gasteiger partial charge in [-0.25, -0.2) is 8.42 Å². The van der Waals surface area contributed by atoms with E-state index in [4.69, 9.17) is 0 Å². The lowest BCUT2D eigenvalue weighted by Crippen LogP contribution is -2.25. The van der Waals surface area contributed by atoms with Crippen molar-refractivity contribution < 1.29 is 13.2 Å². The first-order valence-corrected chi connectivity index (χ1v) is 7.90. The van der Waals surface area contributed by atoms with Crippen molar-refractivity contribution in [1.82, 2.24) is 5.32 Å². The van der Waals surface area contributed by atoms with Crippen molar-refractivity contribution >= 4 is 15.7 Å². The fourth-order valence-electron chi connectivity index (χ4n) is 2.24. The number of sulfone groups is 1. The predicted molar refractivity (Wildman–Crippen MR) is 73.7 cm³/mol. The third kappa shape index (κ3) is 3.23. The van der Waals surface area contributed by atoms with E-state index >= 15 is 0 Å². The van der Waals surface area contributed by atoms with Gasteiger partial charge in [0, 0.05) is 6.54 Å². The van der Waals surface area contributed by atoms with Gasteiger partial charge in [0.25, 0.3) is 0 Å². The van der Waals surface area contributed by atoms with E-state index in [1.807, 2.05) is 6.07 Å². The van der Waals surface area contributed by atoms with Crippen LogP contribution in [0.2, 0.25) is 0 Å². The van der Waals surface area contributed by atoms with Gasteiger partial charge in [0.1, 0.15) is 0 Å². The van der Waals surface area contributed by atoms with Gasteiger partial charge in [-0.15, -0.1) is 6.58 Å². The molecule has 0 fully saturated rings. The summed E-state index contributed by atoms with van der Waals surface area (Å²) in [6, 6.07) is 5.18. The van der Waals surface area contributed by atoms with E-state index in [1.54, 1.807) is 18.2 Å². The Morgan fingerprint density at radius 2 is 2.21 bits per heavy atom. The molecule has 1 N–H and O–H groups in total. The minimum absolute atomic E-state index is 0.0847. The zero-order valence-electron chi connectivity index (χ0n) is 10.7. The molecule has 0 atom stereocenters. The van der Waals surface area contributed by atoms with E-state index in [9.17, 15) is 13.2 Å². The van der Waals surface area contributed by atoms with Crippen molar-refractivity contribution in [1.29, 1.82) is 0 Å². The van der Waals surface area contributed by atoms with E-state index in [2.05, 4.69) is 11.9 Å². The van der Waals surface area contributed by atoms with Crippen molar-refractivity contribution in [3.8, 4) is 0 Å². The summed E-state index contributed by atoms with van der Waals surface area (Å²) in [5.41, 5.74) is 1.68. The fourth-order valence-corrected chi connectivity index (χ4v) is 3.82. The van der Waals surface area contributed by atoms with Crippen molar-refractivity contribution in [2.75, 3.05) is 12.3 Å². The topological polar surface area (TPSA) is 63.2 Å². The summed E-state index contributed by atoms with van der Waals surface area (Å²) in [6.45, 7) is 3.97. The van der Waals surface area contributed by atoms with Crippen LogP contribution in [0.5, 0.6) is 0 Å². The summed E-state index contributed by atoms with van der Waals surface area (Å²) in [6.07, 6.45) is 3.30. The Balaban J connectivity index is 2.18. The van der Waals surface area contributed by atoms with Crippen LogP contribution in [0.15, 0.2) is 35.7 Å². The minimum atomic E-state index is -3.12. The first-order chi connectivity index (χ1) is 9.03. The SMILES string of the molecule is C=CCNC(=O)Cc1ccc2c(c1)CCCS2(=O)=O. The third-order valence-electron chi connectivity index (χ3n) is 3.13. The van der Waals surface area contributed by atoms with E-state index in [0.29, 0.717) is 17.9 Å². The highest BCUT2D eigenvalue weighted by atomic mass is 32.2. The maximum absolute atomic E-state index is 11.9. The lowest BCUT2D eigenvalue weighted by Gasteiger charge is -2.17. The van der Waals surface area contributed by atoms with Gasteiger partial charge >= 0.3 is 0 Å². The quantitative estimate of drug-likeness (QED) is 0.844. The molecule has 1 aliphatic heterocycles. The van der Waals surface area contributed by atoms with Crippen LogP contribution in [0.4, 0.5) is 0 Å². The second-order valence-corrected chi connectivity index (χ2v) is 6.71. The number of carbonyl (C=O) groups is 1. The molecule has 0 saturated carbocycles. The van der Waals surface area contributed by atoms with Crippen molar-refractivity contribution in [2.45, 2.75) is 24.2 Å². The second-order valence-electron chi connectivity index (χ2n) is 4.63. The van der Waals surface area contributed by atoms with Crippen LogP contribution in [-0.2, 0) is 27.5 Å². The third-order valence-corrected chi connectivity index (χ3v) is 5.02. The molecule has 102 valence electrons. The van der Waals surface area contributed by atoms with Crippen LogP contribution in [0.1, 0.15) is 17.5 Å². The zero-order valence-corrected chi connectivity index (χ0v) is 11.5. The maximum Gasteiger partial charge on any atom is 0.224 e. The molecule has 2 rings (SSSR count). The number of aryl methyl sites for hydroxylation is 1. The van der Waals surface area contributed by atoms with Crippen LogP contribution >= 0.6 is 0 Å². The molecule has 0 spiro atoms. The van der Waals surface area contributed by atoms with Gasteiger partial charge in [-0.1, -0.05) is 18.2 Å². The van der Waals surface area contributed by atoms with Crippen molar-refractivity contribution in [3.63, 3.8) is 0 Å². The summed E-state index contributed by atoms with van der Waals surface area (Å²) in [4.78, 5) is 12.0. The largest absolute Gasteiger partial charge is 0.352 e. The molecule has 19 heavy (non-hydrogen) atoms. The minimum Gasteiger partial charge on any atom is -0.352 e. The number of hydrogen-bond acceptors (Lipinski definition) is 3. The molecule has 0 unspecified atom stereocenters. The summed E-state index contributed by atoms with van der Waals surface area (Å²) in [7, 11) is -3.12.